The van der Waals surface area contributed by atoms with Crippen LogP contribution in [0.2, 0.25) is 0 Å². The number of hydrogen-bond donors (Lipinski definition) is 2. The van der Waals surface area contributed by atoms with Crippen molar-refractivity contribution in [2.24, 2.45) is 0 Å². The Labute approximate surface area is 110 Å². The Balaban J connectivity index is 2.41. The zero-order chi connectivity index (χ0) is 14.3. The molecule has 1 aromatic rings. The van der Waals surface area contributed by atoms with Gasteiger partial charge in [0.25, 0.3) is 5.91 Å². The lowest BCUT2D eigenvalue weighted by atomic mass is 10.2. The van der Waals surface area contributed by atoms with Crippen molar-refractivity contribution in [3.05, 3.63) is 35.4 Å². The lowest BCUT2D eigenvalue weighted by Gasteiger charge is -2.06. The molecule has 0 fully saturated rings. The Hall–Kier alpha value is -1.98. The Bertz CT molecular complexity index is 464. The summed E-state index contributed by atoms with van der Waals surface area (Å²) in [6.45, 7) is 2.62. The number of hydrogen-bond acceptors (Lipinski definition) is 2. The summed E-state index contributed by atoms with van der Waals surface area (Å²) < 4.78 is 25.9. The van der Waals surface area contributed by atoms with Gasteiger partial charge in [-0.25, -0.2) is 8.78 Å². The normalized spacial score (nSPS) is 10.1. The number of amides is 2. The van der Waals surface area contributed by atoms with Gasteiger partial charge in [0.15, 0.2) is 0 Å². The first-order chi connectivity index (χ1) is 9.04. The second-order valence-corrected chi connectivity index (χ2v) is 3.98. The Morgan fingerprint density at radius 2 is 1.89 bits per heavy atom. The molecule has 0 unspecified atom stereocenters. The number of carbonyl (C=O) groups excluding carboxylic acids is 2. The number of halogens is 2. The van der Waals surface area contributed by atoms with Crippen LogP contribution in [0.4, 0.5) is 8.78 Å². The van der Waals surface area contributed by atoms with E-state index in [1.807, 2.05) is 6.92 Å². The average molecular weight is 270 g/mol. The predicted octanol–water partition coefficient (Wildman–Crippen LogP) is 1.61. The van der Waals surface area contributed by atoms with Crippen molar-refractivity contribution in [3.63, 3.8) is 0 Å². The maximum Gasteiger partial charge on any atom is 0.254 e. The number of benzene rings is 1. The van der Waals surface area contributed by atoms with Crippen LogP contribution in [0.5, 0.6) is 0 Å². The smallest absolute Gasteiger partial charge is 0.254 e. The first-order valence-corrected chi connectivity index (χ1v) is 6.04. The molecule has 104 valence electrons. The summed E-state index contributed by atoms with van der Waals surface area (Å²) in [5.74, 6) is -2.51. The molecule has 2 amide bonds. The molecule has 0 saturated carbocycles. The highest BCUT2D eigenvalue weighted by atomic mass is 19.1. The van der Waals surface area contributed by atoms with Gasteiger partial charge in [-0.15, -0.1) is 0 Å². The van der Waals surface area contributed by atoms with Gasteiger partial charge in [0, 0.05) is 25.6 Å². The van der Waals surface area contributed by atoms with Crippen molar-refractivity contribution in [3.8, 4) is 0 Å². The number of carbonyl (C=O) groups is 2. The van der Waals surface area contributed by atoms with E-state index in [1.54, 1.807) is 0 Å². The number of nitrogens with one attached hydrogen (secondary N) is 2. The molecule has 0 radical (unpaired) electrons. The molecule has 0 aliphatic rings. The lowest BCUT2D eigenvalue weighted by Crippen LogP contribution is -2.31. The van der Waals surface area contributed by atoms with Crippen molar-refractivity contribution < 1.29 is 18.4 Å². The summed E-state index contributed by atoms with van der Waals surface area (Å²) in [5.41, 5.74) is -0.240. The van der Waals surface area contributed by atoms with Crippen LogP contribution in [-0.2, 0) is 4.79 Å². The molecule has 4 nitrogen and oxygen atoms in total. The minimum Gasteiger partial charge on any atom is -0.356 e. The monoisotopic (exact) mass is 270 g/mol. The maximum atomic E-state index is 13.3. The average Bonchev–Trinajstić information content (AvgIpc) is 2.36. The summed E-state index contributed by atoms with van der Waals surface area (Å²) in [7, 11) is 0. The maximum absolute atomic E-state index is 13.3. The van der Waals surface area contributed by atoms with Crippen LogP contribution in [0, 0.1) is 11.6 Å². The summed E-state index contributed by atoms with van der Waals surface area (Å²) >= 11 is 0. The van der Waals surface area contributed by atoms with Gasteiger partial charge in [0.05, 0.1) is 5.56 Å². The van der Waals surface area contributed by atoms with E-state index in [2.05, 4.69) is 10.6 Å². The van der Waals surface area contributed by atoms with Gasteiger partial charge >= 0.3 is 0 Å². The third-order valence-electron chi connectivity index (χ3n) is 2.39. The van der Waals surface area contributed by atoms with E-state index in [1.165, 1.54) is 0 Å². The van der Waals surface area contributed by atoms with Crippen LogP contribution in [0.3, 0.4) is 0 Å². The standard InChI is InChI=1S/C13H16F2N2O2/c1-2-6-16-12(18)5-7-17-13(19)10-4-3-9(14)8-11(10)15/h3-4,8H,2,5-7H2,1H3,(H,16,18)(H,17,19). The van der Waals surface area contributed by atoms with E-state index in [9.17, 15) is 18.4 Å². The molecular weight excluding hydrogens is 254 g/mol. The highest BCUT2D eigenvalue weighted by molar-refractivity contribution is 5.94. The van der Waals surface area contributed by atoms with Crippen molar-refractivity contribution >= 4 is 11.8 Å². The molecule has 0 saturated heterocycles. The van der Waals surface area contributed by atoms with E-state index in [0.717, 1.165) is 18.6 Å². The van der Waals surface area contributed by atoms with Crippen LogP contribution in [0.1, 0.15) is 30.1 Å². The summed E-state index contributed by atoms with van der Waals surface area (Å²) in [6.07, 6.45) is 0.952. The molecule has 0 heterocycles. The molecular formula is C13H16F2N2O2. The molecule has 19 heavy (non-hydrogen) atoms. The van der Waals surface area contributed by atoms with E-state index >= 15 is 0 Å². The van der Waals surface area contributed by atoms with E-state index < -0.39 is 17.5 Å². The first kappa shape index (κ1) is 15.1. The third kappa shape index (κ3) is 5.03. The van der Waals surface area contributed by atoms with Crippen molar-refractivity contribution in [2.75, 3.05) is 13.1 Å². The molecule has 0 aliphatic heterocycles. The first-order valence-electron chi connectivity index (χ1n) is 6.04. The molecule has 0 atom stereocenters. The summed E-state index contributed by atoms with van der Waals surface area (Å²) in [4.78, 5) is 22.8. The van der Waals surface area contributed by atoms with Gasteiger partial charge in [-0.3, -0.25) is 9.59 Å². The fourth-order valence-corrected chi connectivity index (χ4v) is 1.41. The third-order valence-corrected chi connectivity index (χ3v) is 2.39. The van der Waals surface area contributed by atoms with Crippen LogP contribution in [0.15, 0.2) is 18.2 Å². The lowest BCUT2D eigenvalue weighted by molar-refractivity contribution is -0.120. The quantitative estimate of drug-likeness (QED) is 0.825. The van der Waals surface area contributed by atoms with Gasteiger partial charge in [0.2, 0.25) is 5.91 Å². The molecule has 1 aromatic carbocycles. The minimum absolute atomic E-state index is 0.102. The van der Waals surface area contributed by atoms with Crippen molar-refractivity contribution in [1.82, 2.24) is 10.6 Å². The Morgan fingerprint density at radius 1 is 1.16 bits per heavy atom. The zero-order valence-electron chi connectivity index (χ0n) is 10.6. The largest absolute Gasteiger partial charge is 0.356 e. The molecule has 0 bridgehead atoms. The SMILES string of the molecule is CCCNC(=O)CCNC(=O)c1ccc(F)cc1F. The predicted molar refractivity (Wildman–Crippen MR) is 66.6 cm³/mol. The topological polar surface area (TPSA) is 58.2 Å². The zero-order valence-corrected chi connectivity index (χ0v) is 10.6. The van der Waals surface area contributed by atoms with Crippen LogP contribution in [-0.4, -0.2) is 24.9 Å². The minimum atomic E-state index is -0.923. The summed E-state index contributed by atoms with van der Waals surface area (Å²) in [5, 5.41) is 5.06. The van der Waals surface area contributed by atoms with E-state index in [-0.39, 0.29) is 24.4 Å². The second kappa shape index (κ2) is 7.45. The fourth-order valence-electron chi connectivity index (χ4n) is 1.41. The van der Waals surface area contributed by atoms with Crippen LogP contribution >= 0.6 is 0 Å². The summed E-state index contributed by atoms with van der Waals surface area (Å²) in [6, 6.07) is 2.71. The van der Waals surface area contributed by atoms with E-state index in [4.69, 9.17) is 0 Å². The second-order valence-electron chi connectivity index (χ2n) is 3.98. The van der Waals surface area contributed by atoms with Crippen molar-refractivity contribution in [2.45, 2.75) is 19.8 Å². The Morgan fingerprint density at radius 3 is 2.53 bits per heavy atom. The molecule has 2 N–H and O–H groups in total. The highest BCUT2D eigenvalue weighted by Crippen LogP contribution is 2.09. The highest BCUT2D eigenvalue weighted by Gasteiger charge is 2.12. The Kier molecular flexibility index (Phi) is 5.92. The van der Waals surface area contributed by atoms with Crippen molar-refractivity contribution in [1.29, 1.82) is 0 Å². The molecule has 0 aliphatic carbocycles. The van der Waals surface area contributed by atoms with Gasteiger partial charge in [-0.05, 0) is 18.6 Å². The molecule has 1 rings (SSSR count). The molecule has 0 spiro atoms. The van der Waals surface area contributed by atoms with Gasteiger partial charge < -0.3 is 10.6 Å². The molecule has 0 aromatic heterocycles. The fraction of sp³-hybridized carbons (Fsp3) is 0.385. The van der Waals surface area contributed by atoms with Gasteiger partial charge in [-0.2, -0.15) is 0 Å². The van der Waals surface area contributed by atoms with Gasteiger partial charge in [0.1, 0.15) is 11.6 Å². The van der Waals surface area contributed by atoms with E-state index in [0.29, 0.717) is 12.6 Å². The van der Waals surface area contributed by atoms with Crippen LogP contribution in [0.25, 0.3) is 0 Å². The van der Waals surface area contributed by atoms with Gasteiger partial charge in [-0.1, -0.05) is 6.92 Å². The number of rotatable bonds is 6. The van der Waals surface area contributed by atoms with Crippen LogP contribution < -0.4 is 10.6 Å². The molecule has 6 heteroatoms.